The SMILES string of the molecule is Cc1nc(N(c2ccccc2)c2ccccc2)sc1C. The van der Waals surface area contributed by atoms with Gasteiger partial charge in [0.25, 0.3) is 0 Å². The maximum Gasteiger partial charge on any atom is 0.194 e. The minimum absolute atomic E-state index is 1.01. The van der Waals surface area contributed by atoms with Crippen molar-refractivity contribution in [3.63, 3.8) is 0 Å². The molecule has 100 valence electrons. The van der Waals surface area contributed by atoms with Crippen molar-refractivity contribution < 1.29 is 0 Å². The van der Waals surface area contributed by atoms with Gasteiger partial charge in [-0.25, -0.2) is 4.98 Å². The van der Waals surface area contributed by atoms with E-state index in [9.17, 15) is 0 Å². The summed E-state index contributed by atoms with van der Waals surface area (Å²) in [6, 6.07) is 20.7. The Kier molecular flexibility index (Phi) is 3.52. The summed E-state index contributed by atoms with van der Waals surface area (Å²) in [6.07, 6.45) is 0. The lowest BCUT2D eigenvalue weighted by molar-refractivity contribution is 1.17. The van der Waals surface area contributed by atoms with E-state index in [0.29, 0.717) is 0 Å². The van der Waals surface area contributed by atoms with Crippen LogP contribution < -0.4 is 4.90 Å². The van der Waals surface area contributed by atoms with Gasteiger partial charge >= 0.3 is 0 Å². The van der Waals surface area contributed by atoms with Gasteiger partial charge < -0.3 is 0 Å². The zero-order valence-electron chi connectivity index (χ0n) is 11.6. The van der Waals surface area contributed by atoms with Crippen molar-refractivity contribution in [3.8, 4) is 0 Å². The number of hydrogen-bond donors (Lipinski definition) is 0. The van der Waals surface area contributed by atoms with E-state index in [1.165, 1.54) is 4.88 Å². The van der Waals surface area contributed by atoms with Crippen molar-refractivity contribution in [2.24, 2.45) is 0 Å². The first-order chi connectivity index (χ1) is 9.75. The second kappa shape index (κ2) is 5.47. The van der Waals surface area contributed by atoms with Crippen molar-refractivity contribution in [2.75, 3.05) is 4.90 Å². The predicted molar refractivity (Wildman–Crippen MR) is 86.3 cm³/mol. The lowest BCUT2D eigenvalue weighted by atomic mass is 10.2. The number of anilines is 3. The Bertz CT molecular complexity index is 631. The molecular weight excluding hydrogens is 264 g/mol. The van der Waals surface area contributed by atoms with Gasteiger partial charge in [0.05, 0.1) is 5.69 Å². The van der Waals surface area contributed by atoms with Crippen LogP contribution in [0.1, 0.15) is 10.6 Å². The second-order valence-corrected chi connectivity index (χ2v) is 5.83. The van der Waals surface area contributed by atoms with E-state index < -0.39 is 0 Å². The number of rotatable bonds is 3. The standard InChI is InChI=1S/C17H16N2S/c1-13-14(2)20-17(18-13)19(15-9-5-3-6-10-15)16-11-7-4-8-12-16/h3-12H,1-2H3. The number of hydrogen-bond acceptors (Lipinski definition) is 3. The largest absolute Gasteiger partial charge is 0.286 e. The van der Waals surface area contributed by atoms with Crippen molar-refractivity contribution in [1.29, 1.82) is 0 Å². The highest BCUT2D eigenvalue weighted by Gasteiger charge is 2.16. The van der Waals surface area contributed by atoms with Gasteiger partial charge in [0.2, 0.25) is 0 Å². The molecule has 0 bridgehead atoms. The molecule has 3 heteroatoms. The molecule has 0 spiro atoms. The van der Waals surface area contributed by atoms with Crippen LogP contribution in [0.3, 0.4) is 0 Å². The van der Waals surface area contributed by atoms with E-state index in [1.54, 1.807) is 11.3 Å². The summed E-state index contributed by atoms with van der Waals surface area (Å²) in [6.45, 7) is 4.17. The summed E-state index contributed by atoms with van der Waals surface area (Å²) in [5.74, 6) is 0. The molecule has 20 heavy (non-hydrogen) atoms. The fourth-order valence-electron chi connectivity index (χ4n) is 2.08. The molecule has 2 aromatic carbocycles. The monoisotopic (exact) mass is 280 g/mol. The van der Waals surface area contributed by atoms with Crippen LogP contribution in [0, 0.1) is 13.8 Å². The minimum atomic E-state index is 1.01. The Labute approximate surface area is 123 Å². The van der Waals surface area contributed by atoms with E-state index in [2.05, 4.69) is 67.3 Å². The van der Waals surface area contributed by atoms with Crippen molar-refractivity contribution in [3.05, 3.63) is 71.2 Å². The molecule has 0 fully saturated rings. The molecular formula is C17H16N2S. The third kappa shape index (κ3) is 2.45. The van der Waals surface area contributed by atoms with E-state index in [1.807, 2.05) is 12.1 Å². The number of nitrogens with zero attached hydrogens (tertiary/aromatic N) is 2. The Morgan fingerprint density at radius 2 is 1.30 bits per heavy atom. The first kappa shape index (κ1) is 12.9. The maximum absolute atomic E-state index is 4.71. The molecule has 0 saturated carbocycles. The van der Waals surface area contributed by atoms with Gasteiger partial charge in [0.1, 0.15) is 0 Å². The molecule has 3 rings (SSSR count). The third-order valence-electron chi connectivity index (χ3n) is 3.24. The van der Waals surface area contributed by atoms with E-state index in [0.717, 1.165) is 22.2 Å². The summed E-state index contributed by atoms with van der Waals surface area (Å²) < 4.78 is 0. The maximum atomic E-state index is 4.71. The van der Waals surface area contributed by atoms with Crippen LogP contribution in [-0.2, 0) is 0 Å². The third-order valence-corrected chi connectivity index (χ3v) is 4.30. The highest BCUT2D eigenvalue weighted by Crippen LogP contribution is 2.37. The summed E-state index contributed by atoms with van der Waals surface area (Å²) in [5.41, 5.74) is 3.36. The first-order valence-electron chi connectivity index (χ1n) is 6.60. The van der Waals surface area contributed by atoms with Crippen LogP contribution in [0.2, 0.25) is 0 Å². The molecule has 0 N–H and O–H groups in total. The zero-order chi connectivity index (χ0) is 13.9. The molecule has 3 aromatic rings. The molecule has 1 aromatic heterocycles. The lowest BCUT2D eigenvalue weighted by Gasteiger charge is -2.22. The minimum Gasteiger partial charge on any atom is -0.286 e. The van der Waals surface area contributed by atoms with Crippen LogP contribution >= 0.6 is 11.3 Å². The van der Waals surface area contributed by atoms with E-state index in [-0.39, 0.29) is 0 Å². The van der Waals surface area contributed by atoms with Crippen molar-refractivity contribution in [1.82, 2.24) is 4.98 Å². The van der Waals surface area contributed by atoms with E-state index >= 15 is 0 Å². The lowest BCUT2D eigenvalue weighted by Crippen LogP contribution is -2.09. The Balaban J connectivity index is 2.14. The number of thiazole rings is 1. The highest BCUT2D eigenvalue weighted by molar-refractivity contribution is 7.15. The zero-order valence-corrected chi connectivity index (χ0v) is 12.4. The number of aromatic nitrogens is 1. The Morgan fingerprint density at radius 3 is 1.70 bits per heavy atom. The molecule has 0 aliphatic carbocycles. The smallest absolute Gasteiger partial charge is 0.194 e. The quantitative estimate of drug-likeness (QED) is 0.653. The van der Waals surface area contributed by atoms with Gasteiger partial charge in [0, 0.05) is 16.3 Å². The molecule has 0 aliphatic heterocycles. The van der Waals surface area contributed by atoms with Crippen LogP contribution in [0.15, 0.2) is 60.7 Å². The molecule has 0 atom stereocenters. The van der Waals surface area contributed by atoms with Crippen LogP contribution in [0.4, 0.5) is 16.5 Å². The first-order valence-corrected chi connectivity index (χ1v) is 7.41. The van der Waals surface area contributed by atoms with Crippen molar-refractivity contribution in [2.45, 2.75) is 13.8 Å². The van der Waals surface area contributed by atoms with Crippen molar-refractivity contribution >= 4 is 27.8 Å². The van der Waals surface area contributed by atoms with Gasteiger partial charge in [-0.1, -0.05) is 36.4 Å². The summed E-state index contributed by atoms with van der Waals surface area (Å²) in [5, 5.41) is 1.01. The topological polar surface area (TPSA) is 16.1 Å². The highest BCUT2D eigenvalue weighted by atomic mass is 32.1. The van der Waals surface area contributed by atoms with E-state index in [4.69, 9.17) is 4.98 Å². The van der Waals surface area contributed by atoms with Gasteiger partial charge in [-0.2, -0.15) is 0 Å². The summed E-state index contributed by atoms with van der Waals surface area (Å²) in [4.78, 5) is 8.17. The predicted octanol–water partition coefficient (Wildman–Crippen LogP) is 5.23. The molecule has 2 nitrogen and oxygen atoms in total. The molecule has 0 saturated heterocycles. The Morgan fingerprint density at radius 1 is 0.800 bits per heavy atom. The molecule has 1 heterocycles. The Hall–Kier alpha value is -2.13. The van der Waals surface area contributed by atoms with Gasteiger partial charge in [-0.05, 0) is 38.1 Å². The average Bonchev–Trinajstić information content (AvgIpc) is 2.81. The van der Waals surface area contributed by atoms with Crippen LogP contribution in [-0.4, -0.2) is 4.98 Å². The van der Waals surface area contributed by atoms with Crippen LogP contribution in [0.5, 0.6) is 0 Å². The fourth-order valence-corrected chi connectivity index (χ4v) is 3.03. The molecule has 0 amide bonds. The number of aryl methyl sites for hydroxylation is 2. The fraction of sp³-hybridized carbons (Fsp3) is 0.118. The molecule has 0 aliphatic rings. The summed E-state index contributed by atoms with van der Waals surface area (Å²) in [7, 11) is 0. The normalized spacial score (nSPS) is 10.5. The second-order valence-electron chi connectivity index (χ2n) is 4.64. The summed E-state index contributed by atoms with van der Waals surface area (Å²) >= 11 is 1.73. The average molecular weight is 280 g/mol. The van der Waals surface area contributed by atoms with Gasteiger partial charge in [0.15, 0.2) is 5.13 Å². The van der Waals surface area contributed by atoms with Gasteiger partial charge in [-0.3, -0.25) is 4.90 Å². The molecule has 0 radical (unpaired) electrons. The molecule has 0 unspecified atom stereocenters. The van der Waals surface area contributed by atoms with Gasteiger partial charge in [-0.15, -0.1) is 11.3 Å². The van der Waals surface area contributed by atoms with Crippen LogP contribution in [0.25, 0.3) is 0 Å². The number of para-hydroxylation sites is 2. The number of benzene rings is 2.